The summed E-state index contributed by atoms with van der Waals surface area (Å²) in [6.07, 6.45) is 0.983. The van der Waals surface area contributed by atoms with Crippen LogP contribution in [0.3, 0.4) is 0 Å². The molecule has 0 radical (unpaired) electrons. The molecule has 0 aromatic heterocycles. The number of sulfonamides is 1. The maximum atomic E-state index is 11.8. The minimum Gasteiger partial charge on any atom is -0.283 e. The topological polar surface area (TPSA) is 83.6 Å². The Morgan fingerprint density at radius 1 is 1.18 bits per heavy atom. The van der Waals surface area contributed by atoms with Crippen LogP contribution in [0.4, 0.5) is 5.69 Å². The van der Waals surface area contributed by atoms with Gasteiger partial charge in [0.25, 0.3) is 11.8 Å². The van der Waals surface area contributed by atoms with E-state index < -0.39 is 21.8 Å². The molecule has 0 atom stereocenters. The molecule has 1 aliphatic rings. The molecule has 17 heavy (non-hydrogen) atoms. The number of imide groups is 1. The number of hydrogen-bond donors (Lipinski definition) is 1. The summed E-state index contributed by atoms with van der Waals surface area (Å²) < 4.78 is 24.5. The summed E-state index contributed by atoms with van der Waals surface area (Å²) in [4.78, 5) is 24.4. The van der Waals surface area contributed by atoms with Gasteiger partial charge >= 0.3 is 0 Å². The number of benzene rings is 1. The predicted octanol–water partition coefficient (Wildman–Crippen LogP) is 0.284. The van der Waals surface area contributed by atoms with Crippen molar-refractivity contribution in [2.45, 2.75) is 0 Å². The van der Waals surface area contributed by atoms with E-state index in [4.69, 9.17) is 0 Å². The van der Waals surface area contributed by atoms with Gasteiger partial charge in [0.15, 0.2) is 0 Å². The average molecular weight is 254 g/mol. The molecule has 1 aromatic carbocycles. The Bertz CT molecular complexity index is 621. The summed E-state index contributed by atoms with van der Waals surface area (Å²) in [6, 6.07) is 4.47. The Hall–Kier alpha value is -1.89. The van der Waals surface area contributed by atoms with E-state index in [0.29, 0.717) is 0 Å². The minimum atomic E-state index is -3.49. The molecule has 1 N–H and O–H groups in total. The number of nitrogens with zero attached hydrogens (tertiary/aromatic N) is 1. The monoisotopic (exact) mass is 254 g/mol. The Balaban J connectivity index is 2.61. The van der Waals surface area contributed by atoms with Crippen LogP contribution in [-0.2, 0) is 10.0 Å². The first-order chi connectivity index (χ1) is 7.81. The summed E-state index contributed by atoms with van der Waals surface area (Å²) in [5.74, 6) is -0.932. The quantitative estimate of drug-likeness (QED) is 0.768. The fraction of sp³-hybridized carbons (Fsp3) is 0.200. The van der Waals surface area contributed by atoms with Crippen LogP contribution in [0.2, 0.25) is 0 Å². The van der Waals surface area contributed by atoms with Crippen LogP contribution in [-0.4, -0.2) is 38.4 Å². The third-order valence-corrected chi connectivity index (χ3v) is 3.00. The summed E-state index contributed by atoms with van der Waals surface area (Å²) in [6.45, 7) is 0. The van der Waals surface area contributed by atoms with Gasteiger partial charge in [0.05, 0.1) is 23.1 Å². The van der Waals surface area contributed by atoms with E-state index in [-0.39, 0.29) is 16.8 Å². The van der Waals surface area contributed by atoms with Gasteiger partial charge in [-0.05, 0) is 12.1 Å². The number of nitrogens with one attached hydrogen (secondary N) is 1. The lowest BCUT2D eigenvalue weighted by Crippen LogP contribution is -2.24. The van der Waals surface area contributed by atoms with Crippen LogP contribution in [0.5, 0.6) is 0 Å². The number of carbonyl (C=O) groups is 2. The zero-order valence-corrected chi connectivity index (χ0v) is 10.0. The molecule has 1 aromatic rings. The standard InChI is InChI=1S/C10H10N2O4S/c1-12-9(13)6-4-3-5-7(8(6)10(12)14)11-17(2,15)16/h3-5,11H,1-2H3. The summed E-state index contributed by atoms with van der Waals surface area (Å²) in [5, 5.41) is 0. The molecular weight excluding hydrogens is 244 g/mol. The molecule has 0 saturated carbocycles. The molecule has 0 fully saturated rings. The lowest BCUT2D eigenvalue weighted by molar-refractivity contribution is 0.0693. The van der Waals surface area contributed by atoms with Crippen LogP contribution < -0.4 is 4.72 Å². The summed E-state index contributed by atoms with van der Waals surface area (Å²) in [5.41, 5.74) is 0.448. The lowest BCUT2D eigenvalue weighted by atomic mass is 10.1. The van der Waals surface area contributed by atoms with Crippen LogP contribution in [0.1, 0.15) is 20.7 Å². The van der Waals surface area contributed by atoms with Crippen LogP contribution in [0, 0.1) is 0 Å². The van der Waals surface area contributed by atoms with Gasteiger partial charge in [-0.25, -0.2) is 8.42 Å². The molecule has 2 rings (SSSR count). The first-order valence-corrected chi connectivity index (χ1v) is 6.63. The van der Waals surface area contributed by atoms with E-state index in [1.165, 1.54) is 25.2 Å². The third kappa shape index (κ3) is 1.89. The minimum absolute atomic E-state index is 0.102. The number of carbonyl (C=O) groups excluding carboxylic acids is 2. The lowest BCUT2D eigenvalue weighted by Gasteiger charge is -2.07. The molecule has 0 bridgehead atoms. The number of hydrogen-bond acceptors (Lipinski definition) is 4. The molecule has 0 saturated heterocycles. The molecule has 7 heteroatoms. The zero-order chi connectivity index (χ0) is 12.8. The SMILES string of the molecule is CN1C(=O)c2cccc(NS(C)(=O)=O)c2C1=O. The summed E-state index contributed by atoms with van der Waals surface area (Å²) in [7, 11) is -2.13. The number of anilines is 1. The van der Waals surface area contributed by atoms with Crippen molar-refractivity contribution in [3.8, 4) is 0 Å². The Morgan fingerprint density at radius 2 is 1.82 bits per heavy atom. The van der Waals surface area contributed by atoms with Crippen molar-refractivity contribution in [2.24, 2.45) is 0 Å². The van der Waals surface area contributed by atoms with Crippen LogP contribution in [0.25, 0.3) is 0 Å². The van der Waals surface area contributed by atoms with Gasteiger partial charge in [-0.15, -0.1) is 0 Å². The van der Waals surface area contributed by atoms with Crippen molar-refractivity contribution in [1.82, 2.24) is 4.90 Å². The van der Waals surface area contributed by atoms with E-state index in [1.807, 2.05) is 0 Å². The highest BCUT2D eigenvalue weighted by Gasteiger charge is 2.35. The van der Waals surface area contributed by atoms with Crippen LogP contribution in [0.15, 0.2) is 18.2 Å². The number of fused-ring (bicyclic) bond motifs is 1. The van der Waals surface area contributed by atoms with Gasteiger partial charge < -0.3 is 0 Å². The maximum absolute atomic E-state index is 11.8. The molecule has 0 aliphatic carbocycles. The first-order valence-electron chi connectivity index (χ1n) is 4.74. The molecule has 0 spiro atoms. The van der Waals surface area contributed by atoms with E-state index in [0.717, 1.165) is 11.2 Å². The molecular formula is C10H10N2O4S. The molecule has 2 amide bonds. The zero-order valence-electron chi connectivity index (χ0n) is 9.22. The third-order valence-electron chi connectivity index (χ3n) is 2.41. The Morgan fingerprint density at radius 3 is 2.41 bits per heavy atom. The normalized spacial score (nSPS) is 15.1. The van der Waals surface area contributed by atoms with E-state index in [9.17, 15) is 18.0 Å². The van der Waals surface area contributed by atoms with Gasteiger partial charge in [0.1, 0.15) is 0 Å². The second kappa shape index (κ2) is 3.56. The van der Waals surface area contributed by atoms with Gasteiger partial charge in [-0.2, -0.15) is 0 Å². The van der Waals surface area contributed by atoms with E-state index >= 15 is 0 Å². The molecule has 0 unspecified atom stereocenters. The van der Waals surface area contributed by atoms with Crippen LogP contribution >= 0.6 is 0 Å². The molecule has 1 aliphatic heterocycles. The Labute approximate surface area is 98.3 Å². The van der Waals surface area contributed by atoms with Crippen molar-refractivity contribution in [3.05, 3.63) is 29.3 Å². The smallest absolute Gasteiger partial charge is 0.263 e. The Kier molecular flexibility index (Phi) is 2.43. The van der Waals surface area contributed by atoms with Crippen molar-refractivity contribution in [2.75, 3.05) is 18.0 Å². The van der Waals surface area contributed by atoms with Crippen molar-refractivity contribution < 1.29 is 18.0 Å². The second-order valence-corrected chi connectivity index (χ2v) is 5.52. The molecule has 90 valence electrons. The van der Waals surface area contributed by atoms with Gasteiger partial charge in [-0.3, -0.25) is 19.2 Å². The highest BCUT2D eigenvalue weighted by molar-refractivity contribution is 7.92. The maximum Gasteiger partial charge on any atom is 0.263 e. The van der Waals surface area contributed by atoms with Gasteiger partial charge in [0.2, 0.25) is 10.0 Å². The fourth-order valence-corrected chi connectivity index (χ4v) is 2.26. The second-order valence-electron chi connectivity index (χ2n) is 3.77. The van der Waals surface area contributed by atoms with E-state index in [2.05, 4.69) is 4.72 Å². The van der Waals surface area contributed by atoms with Crippen molar-refractivity contribution >= 4 is 27.5 Å². The van der Waals surface area contributed by atoms with E-state index in [1.54, 1.807) is 0 Å². The average Bonchev–Trinajstić information content (AvgIpc) is 2.43. The number of amides is 2. The first kappa shape index (κ1) is 11.6. The largest absolute Gasteiger partial charge is 0.283 e. The summed E-state index contributed by atoms with van der Waals surface area (Å²) >= 11 is 0. The van der Waals surface area contributed by atoms with Crippen molar-refractivity contribution in [3.63, 3.8) is 0 Å². The van der Waals surface area contributed by atoms with Gasteiger partial charge in [0, 0.05) is 7.05 Å². The highest BCUT2D eigenvalue weighted by Crippen LogP contribution is 2.28. The molecule has 1 heterocycles. The number of rotatable bonds is 2. The molecule has 6 nitrogen and oxygen atoms in total. The van der Waals surface area contributed by atoms with Gasteiger partial charge in [-0.1, -0.05) is 6.07 Å². The highest BCUT2D eigenvalue weighted by atomic mass is 32.2. The van der Waals surface area contributed by atoms with Crippen molar-refractivity contribution in [1.29, 1.82) is 0 Å². The predicted molar refractivity (Wildman–Crippen MR) is 61.3 cm³/mol. The fourth-order valence-electron chi connectivity index (χ4n) is 1.69.